The molecule has 0 aliphatic carbocycles. The zero-order valence-electron chi connectivity index (χ0n) is 11.3. The molecule has 0 bridgehead atoms. The van der Waals surface area contributed by atoms with Gasteiger partial charge in [0.2, 0.25) is 0 Å². The number of nitro benzene ring substituents is 1. The molecule has 0 radical (unpaired) electrons. The Hall–Kier alpha value is -1.82. The van der Waals surface area contributed by atoms with Gasteiger partial charge in [-0.25, -0.2) is 0 Å². The van der Waals surface area contributed by atoms with Crippen LogP contribution in [0.4, 0.5) is 11.4 Å². The van der Waals surface area contributed by atoms with Crippen LogP contribution in [0.25, 0.3) is 0 Å². The molecule has 1 aromatic carbocycles. The van der Waals surface area contributed by atoms with Gasteiger partial charge in [-0.3, -0.25) is 10.1 Å². The third kappa shape index (κ3) is 3.14. The Labute approximate surface area is 112 Å². The molecular weight excluding hydrogens is 246 g/mol. The van der Waals surface area contributed by atoms with Crippen LogP contribution < -0.4 is 15.0 Å². The van der Waals surface area contributed by atoms with Crippen LogP contribution in [-0.4, -0.2) is 38.2 Å². The first-order chi connectivity index (χ1) is 9.11. The fraction of sp³-hybridized carbons (Fsp3) is 0.538. The average Bonchev–Trinajstić information content (AvgIpc) is 2.90. The molecule has 1 aliphatic rings. The Bertz CT molecular complexity index is 458. The van der Waals surface area contributed by atoms with E-state index in [1.54, 1.807) is 12.1 Å². The second-order valence-corrected chi connectivity index (χ2v) is 4.79. The summed E-state index contributed by atoms with van der Waals surface area (Å²) in [5.74, 6) is 0.503. The standard InChI is InChI=1S/C13H19N3O3/c1-15(9-10-4-3-7-14-10)12-6-5-11(19-2)8-13(12)16(17)18/h5-6,8,10,14H,3-4,7,9H2,1-2H3. The van der Waals surface area contributed by atoms with Crippen molar-refractivity contribution in [1.82, 2.24) is 5.32 Å². The summed E-state index contributed by atoms with van der Waals surface area (Å²) in [4.78, 5) is 12.7. The van der Waals surface area contributed by atoms with Gasteiger partial charge in [0, 0.05) is 19.6 Å². The van der Waals surface area contributed by atoms with Gasteiger partial charge in [-0.1, -0.05) is 0 Å². The highest BCUT2D eigenvalue weighted by atomic mass is 16.6. The summed E-state index contributed by atoms with van der Waals surface area (Å²) in [5.41, 5.74) is 0.708. The Morgan fingerprint density at radius 1 is 1.58 bits per heavy atom. The van der Waals surface area contributed by atoms with E-state index in [0.717, 1.165) is 19.5 Å². The molecule has 6 heteroatoms. The van der Waals surface area contributed by atoms with Crippen molar-refractivity contribution < 1.29 is 9.66 Å². The van der Waals surface area contributed by atoms with Crippen molar-refractivity contribution in [1.29, 1.82) is 0 Å². The monoisotopic (exact) mass is 265 g/mol. The molecular formula is C13H19N3O3. The zero-order valence-corrected chi connectivity index (χ0v) is 11.3. The highest BCUT2D eigenvalue weighted by Gasteiger charge is 2.22. The Morgan fingerprint density at radius 2 is 2.37 bits per heavy atom. The fourth-order valence-electron chi connectivity index (χ4n) is 2.44. The van der Waals surface area contributed by atoms with Crippen molar-refractivity contribution in [2.45, 2.75) is 18.9 Å². The van der Waals surface area contributed by atoms with E-state index < -0.39 is 0 Å². The minimum Gasteiger partial charge on any atom is -0.496 e. The maximum Gasteiger partial charge on any atom is 0.296 e. The molecule has 1 aliphatic heterocycles. The third-order valence-corrected chi connectivity index (χ3v) is 3.45. The van der Waals surface area contributed by atoms with Gasteiger partial charge in [-0.05, 0) is 31.5 Å². The number of nitro groups is 1. The van der Waals surface area contributed by atoms with Crippen LogP contribution in [0.3, 0.4) is 0 Å². The molecule has 0 saturated carbocycles. The summed E-state index contributed by atoms with van der Waals surface area (Å²) in [5, 5.41) is 14.5. The molecule has 1 N–H and O–H groups in total. The lowest BCUT2D eigenvalue weighted by molar-refractivity contribution is -0.384. The lowest BCUT2D eigenvalue weighted by Gasteiger charge is -2.23. The highest BCUT2D eigenvalue weighted by molar-refractivity contribution is 5.65. The first-order valence-corrected chi connectivity index (χ1v) is 6.38. The molecule has 0 aromatic heterocycles. The molecule has 0 amide bonds. The molecule has 1 atom stereocenters. The Balaban J connectivity index is 2.19. The Morgan fingerprint density at radius 3 is 2.95 bits per heavy atom. The van der Waals surface area contributed by atoms with Crippen LogP contribution in [0.1, 0.15) is 12.8 Å². The minimum atomic E-state index is -0.365. The van der Waals surface area contributed by atoms with Crippen LogP contribution >= 0.6 is 0 Å². The average molecular weight is 265 g/mol. The van der Waals surface area contributed by atoms with Crippen LogP contribution in [-0.2, 0) is 0 Å². The maximum atomic E-state index is 11.1. The van der Waals surface area contributed by atoms with E-state index in [9.17, 15) is 10.1 Å². The second-order valence-electron chi connectivity index (χ2n) is 4.79. The zero-order chi connectivity index (χ0) is 13.8. The number of hydrogen-bond donors (Lipinski definition) is 1. The van der Waals surface area contributed by atoms with Gasteiger partial charge in [0.15, 0.2) is 0 Å². The molecule has 19 heavy (non-hydrogen) atoms. The second kappa shape index (κ2) is 5.88. The number of benzene rings is 1. The number of nitrogens with zero attached hydrogens (tertiary/aromatic N) is 2. The van der Waals surface area contributed by atoms with Crippen LogP contribution in [0.5, 0.6) is 5.75 Å². The quantitative estimate of drug-likeness (QED) is 0.649. The summed E-state index contributed by atoms with van der Waals surface area (Å²) < 4.78 is 5.04. The summed E-state index contributed by atoms with van der Waals surface area (Å²) in [6.45, 7) is 1.80. The largest absolute Gasteiger partial charge is 0.496 e. The van der Waals surface area contributed by atoms with Crippen LogP contribution in [0.2, 0.25) is 0 Å². The van der Waals surface area contributed by atoms with Gasteiger partial charge in [0.05, 0.1) is 18.1 Å². The molecule has 1 fully saturated rings. The fourth-order valence-corrected chi connectivity index (χ4v) is 2.44. The van der Waals surface area contributed by atoms with E-state index in [1.807, 2.05) is 11.9 Å². The molecule has 6 nitrogen and oxygen atoms in total. The molecule has 0 spiro atoms. The number of nitrogens with one attached hydrogen (secondary N) is 1. The molecule has 1 unspecified atom stereocenters. The van der Waals surface area contributed by atoms with E-state index in [-0.39, 0.29) is 10.6 Å². The van der Waals surface area contributed by atoms with Gasteiger partial charge < -0.3 is 15.0 Å². The topological polar surface area (TPSA) is 67.6 Å². The van der Waals surface area contributed by atoms with Gasteiger partial charge in [-0.15, -0.1) is 0 Å². The normalized spacial score (nSPS) is 18.3. The maximum absolute atomic E-state index is 11.1. The van der Waals surface area contributed by atoms with Crippen LogP contribution in [0, 0.1) is 10.1 Å². The number of ether oxygens (including phenoxy) is 1. The number of likely N-dealkylation sites (N-methyl/N-ethyl adjacent to an activating group) is 1. The lowest BCUT2D eigenvalue weighted by Crippen LogP contribution is -2.35. The van der Waals surface area contributed by atoms with Crippen molar-refractivity contribution in [3.05, 3.63) is 28.3 Å². The summed E-state index contributed by atoms with van der Waals surface area (Å²) >= 11 is 0. The molecule has 1 aromatic rings. The molecule has 1 saturated heterocycles. The number of anilines is 1. The van der Waals surface area contributed by atoms with Gasteiger partial charge >= 0.3 is 0 Å². The van der Waals surface area contributed by atoms with E-state index in [2.05, 4.69) is 5.32 Å². The first-order valence-electron chi connectivity index (χ1n) is 6.38. The van der Waals surface area contributed by atoms with Gasteiger partial charge in [-0.2, -0.15) is 0 Å². The SMILES string of the molecule is COc1ccc(N(C)CC2CCCN2)c([N+](=O)[O-])c1. The van der Waals surface area contributed by atoms with Crippen molar-refractivity contribution in [2.24, 2.45) is 0 Å². The van der Waals surface area contributed by atoms with Crippen molar-refractivity contribution in [3.63, 3.8) is 0 Å². The molecule has 2 rings (SSSR count). The third-order valence-electron chi connectivity index (χ3n) is 3.45. The van der Waals surface area contributed by atoms with Gasteiger partial charge in [0.1, 0.15) is 11.4 Å². The van der Waals surface area contributed by atoms with Crippen LogP contribution in [0.15, 0.2) is 18.2 Å². The predicted molar refractivity (Wildman–Crippen MR) is 73.9 cm³/mol. The summed E-state index contributed by atoms with van der Waals surface area (Å²) in [6.07, 6.45) is 2.29. The smallest absolute Gasteiger partial charge is 0.296 e. The van der Waals surface area contributed by atoms with E-state index in [0.29, 0.717) is 17.5 Å². The van der Waals surface area contributed by atoms with Crippen molar-refractivity contribution in [3.8, 4) is 5.75 Å². The molecule has 1 heterocycles. The number of methoxy groups -OCH3 is 1. The Kier molecular flexibility index (Phi) is 4.21. The van der Waals surface area contributed by atoms with Gasteiger partial charge in [0.25, 0.3) is 5.69 Å². The van der Waals surface area contributed by atoms with Crippen molar-refractivity contribution in [2.75, 3.05) is 32.1 Å². The number of rotatable bonds is 5. The summed E-state index contributed by atoms with van der Waals surface area (Å²) in [6, 6.07) is 5.37. The van der Waals surface area contributed by atoms with Crippen molar-refractivity contribution >= 4 is 11.4 Å². The number of hydrogen-bond acceptors (Lipinski definition) is 5. The lowest BCUT2D eigenvalue weighted by atomic mass is 10.2. The van der Waals surface area contributed by atoms with E-state index in [4.69, 9.17) is 4.74 Å². The summed E-state index contributed by atoms with van der Waals surface area (Å²) in [7, 11) is 3.39. The van der Waals surface area contributed by atoms with E-state index in [1.165, 1.54) is 19.6 Å². The minimum absolute atomic E-state index is 0.0832. The highest BCUT2D eigenvalue weighted by Crippen LogP contribution is 2.31. The predicted octanol–water partition coefficient (Wildman–Crippen LogP) is 1.79. The first kappa shape index (κ1) is 13.6. The van der Waals surface area contributed by atoms with E-state index >= 15 is 0 Å². The molecule has 104 valence electrons.